The first-order chi connectivity index (χ1) is 8.55. The zero-order valence-electron chi connectivity index (χ0n) is 11.6. The first-order valence-corrected chi connectivity index (χ1v) is 7.62. The summed E-state index contributed by atoms with van der Waals surface area (Å²) in [6, 6.07) is 0. The second kappa shape index (κ2) is 5.97. The molecule has 1 unspecified atom stereocenters. The maximum atomic E-state index is 4.54. The zero-order valence-corrected chi connectivity index (χ0v) is 12.4. The van der Waals surface area contributed by atoms with Crippen molar-refractivity contribution in [1.29, 1.82) is 0 Å². The number of hydrogen-bond donors (Lipinski definition) is 2. The summed E-state index contributed by atoms with van der Waals surface area (Å²) in [6.45, 7) is 9.80. The summed E-state index contributed by atoms with van der Waals surface area (Å²) in [5, 5.41) is 7.82. The third-order valence-electron chi connectivity index (χ3n) is 3.32. The molecule has 0 aromatic carbocycles. The van der Waals surface area contributed by atoms with Crippen molar-refractivity contribution in [2.45, 2.75) is 45.4 Å². The molecule has 2 N–H and O–H groups in total. The predicted octanol–water partition coefficient (Wildman–Crippen LogP) is 2.64. The van der Waals surface area contributed by atoms with E-state index in [4.69, 9.17) is 0 Å². The highest BCUT2D eigenvalue weighted by Crippen LogP contribution is 2.23. The highest BCUT2D eigenvalue weighted by Gasteiger charge is 2.19. The standard InChI is InChI=1S/C13H24N4S/c1-13(2,3)11-16-12(18-17-11)15-8-6-10-5-4-7-14-9-10/h10,14H,4-9H2,1-3H3,(H,15,16,17). The van der Waals surface area contributed by atoms with Gasteiger partial charge in [0.15, 0.2) is 0 Å². The lowest BCUT2D eigenvalue weighted by atomic mass is 9.96. The second-order valence-electron chi connectivity index (χ2n) is 6.10. The molecule has 0 amide bonds. The lowest BCUT2D eigenvalue weighted by Gasteiger charge is -2.22. The van der Waals surface area contributed by atoms with Gasteiger partial charge < -0.3 is 10.6 Å². The summed E-state index contributed by atoms with van der Waals surface area (Å²) >= 11 is 1.48. The molecule has 2 heterocycles. The molecule has 1 fully saturated rings. The van der Waals surface area contributed by atoms with Gasteiger partial charge in [0.25, 0.3) is 0 Å². The summed E-state index contributed by atoms with van der Waals surface area (Å²) in [6.07, 6.45) is 3.90. The molecule has 0 radical (unpaired) electrons. The maximum Gasteiger partial charge on any atom is 0.202 e. The van der Waals surface area contributed by atoms with Crippen molar-refractivity contribution in [3.05, 3.63) is 5.82 Å². The minimum Gasteiger partial charge on any atom is -0.360 e. The Morgan fingerprint density at radius 2 is 2.28 bits per heavy atom. The van der Waals surface area contributed by atoms with Crippen molar-refractivity contribution in [2.75, 3.05) is 25.0 Å². The monoisotopic (exact) mass is 268 g/mol. The van der Waals surface area contributed by atoms with Crippen molar-refractivity contribution in [1.82, 2.24) is 14.7 Å². The van der Waals surface area contributed by atoms with Crippen LogP contribution < -0.4 is 10.6 Å². The van der Waals surface area contributed by atoms with E-state index in [2.05, 4.69) is 40.8 Å². The molecule has 1 aromatic rings. The predicted molar refractivity (Wildman–Crippen MR) is 77.3 cm³/mol. The molecule has 102 valence electrons. The smallest absolute Gasteiger partial charge is 0.202 e. The van der Waals surface area contributed by atoms with E-state index in [1.807, 2.05) is 0 Å². The van der Waals surface area contributed by atoms with Gasteiger partial charge in [-0.05, 0) is 38.3 Å². The number of aromatic nitrogens is 2. The number of nitrogens with one attached hydrogen (secondary N) is 2. The Labute approximate surface area is 114 Å². The zero-order chi connectivity index (χ0) is 13.0. The molecule has 18 heavy (non-hydrogen) atoms. The summed E-state index contributed by atoms with van der Waals surface area (Å²) in [4.78, 5) is 4.54. The van der Waals surface area contributed by atoms with Crippen molar-refractivity contribution >= 4 is 16.7 Å². The third-order valence-corrected chi connectivity index (χ3v) is 4.00. The van der Waals surface area contributed by atoms with Crippen LogP contribution in [0.2, 0.25) is 0 Å². The number of hydrogen-bond acceptors (Lipinski definition) is 5. The van der Waals surface area contributed by atoms with Gasteiger partial charge in [-0.2, -0.15) is 4.37 Å². The fourth-order valence-corrected chi connectivity index (χ4v) is 2.94. The minimum absolute atomic E-state index is 0.0454. The fourth-order valence-electron chi connectivity index (χ4n) is 2.15. The van der Waals surface area contributed by atoms with E-state index < -0.39 is 0 Å². The normalized spacial score (nSPS) is 20.9. The van der Waals surface area contributed by atoms with Crippen LogP contribution in [0.25, 0.3) is 0 Å². The number of anilines is 1. The van der Waals surface area contributed by atoms with Gasteiger partial charge in [0.1, 0.15) is 5.82 Å². The van der Waals surface area contributed by atoms with Gasteiger partial charge in [-0.3, -0.25) is 0 Å². The van der Waals surface area contributed by atoms with E-state index in [-0.39, 0.29) is 5.41 Å². The second-order valence-corrected chi connectivity index (χ2v) is 6.85. The molecule has 1 saturated heterocycles. The molecule has 0 aliphatic carbocycles. The van der Waals surface area contributed by atoms with Crippen LogP contribution in [0.4, 0.5) is 5.13 Å². The van der Waals surface area contributed by atoms with Crippen LogP contribution in [0, 0.1) is 5.92 Å². The van der Waals surface area contributed by atoms with Gasteiger partial charge in [0.05, 0.1) is 0 Å². The van der Waals surface area contributed by atoms with Crippen LogP contribution >= 0.6 is 11.5 Å². The average Bonchev–Trinajstić information content (AvgIpc) is 2.79. The molecule has 0 saturated carbocycles. The summed E-state index contributed by atoms with van der Waals surface area (Å²) < 4.78 is 4.41. The van der Waals surface area contributed by atoms with E-state index in [0.29, 0.717) is 0 Å². The first kappa shape index (κ1) is 13.7. The van der Waals surface area contributed by atoms with Crippen LogP contribution in [0.15, 0.2) is 0 Å². The molecule has 0 spiro atoms. The number of piperidine rings is 1. The lowest BCUT2D eigenvalue weighted by molar-refractivity contribution is 0.364. The van der Waals surface area contributed by atoms with Crippen LogP contribution in [0.1, 0.15) is 45.9 Å². The van der Waals surface area contributed by atoms with Gasteiger partial charge >= 0.3 is 0 Å². The first-order valence-electron chi connectivity index (χ1n) is 6.84. The highest BCUT2D eigenvalue weighted by atomic mass is 32.1. The summed E-state index contributed by atoms with van der Waals surface area (Å²) in [7, 11) is 0. The van der Waals surface area contributed by atoms with E-state index in [1.165, 1.54) is 43.9 Å². The molecule has 4 nitrogen and oxygen atoms in total. The largest absolute Gasteiger partial charge is 0.360 e. The Kier molecular flexibility index (Phi) is 4.56. The molecule has 1 aromatic heterocycles. The van der Waals surface area contributed by atoms with Gasteiger partial charge in [-0.1, -0.05) is 20.8 Å². The van der Waals surface area contributed by atoms with Gasteiger partial charge in [-0.25, -0.2) is 4.98 Å². The van der Waals surface area contributed by atoms with Crippen molar-refractivity contribution in [3.63, 3.8) is 0 Å². The molecule has 0 bridgehead atoms. The van der Waals surface area contributed by atoms with E-state index in [0.717, 1.165) is 23.4 Å². The van der Waals surface area contributed by atoms with Crippen LogP contribution in [-0.4, -0.2) is 29.0 Å². The van der Waals surface area contributed by atoms with Crippen LogP contribution in [-0.2, 0) is 5.41 Å². The molecular formula is C13H24N4S. The van der Waals surface area contributed by atoms with Gasteiger partial charge in [-0.15, -0.1) is 0 Å². The SMILES string of the molecule is CC(C)(C)c1nsc(NCCC2CCCNC2)n1. The minimum atomic E-state index is 0.0454. The molecule has 5 heteroatoms. The van der Waals surface area contributed by atoms with Gasteiger partial charge in [0.2, 0.25) is 5.13 Å². The van der Waals surface area contributed by atoms with Gasteiger partial charge in [0, 0.05) is 23.5 Å². The molecule has 1 aliphatic heterocycles. The summed E-state index contributed by atoms with van der Waals surface area (Å²) in [5.74, 6) is 1.76. The Balaban J connectivity index is 1.74. The van der Waals surface area contributed by atoms with E-state index in [9.17, 15) is 0 Å². The Morgan fingerprint density at radius 1 is 1.44 bits per heavy atom. The Hall–Kier alpha value is -0.680. The quantitative estimate of drug-likeness (QED) is 0.881. The van der Waals surface area contributed by atoms with E-state index in [1.54, 1.807) is 0 Å². The highest BCUT2D eigenvalue weighted by molar-refractivity contribution is 7.09. The number of nitrogens with zero attached hydrogens (tertiary/aromatic N) is 2. The lowest BCUT2D eigenvalue weighted by Crippen LogP contribution is -2.30. The van der Waals surface area contributed by atoms with E-state index >= 15 is 0 Å². The maximum absolute atomic E-state index is 4.54. The number of rotatable bonds is 4. The van der Waals surface area contributed by atoms with Crippen LogP contribution in [0.3, 0.4) is 0 Å². The molecule has 1 aliphatic rings. The third kappa shape index (κ3) is 3.92. The van der Waals surface area contributed by atoms with Crippen molar-refractivity contribution in [3.8, 4) is 0 Å². The van der Waals surface area contributed by atoms with Crippen molar-refractivity contribution < 1.29 is 0 Å². The summed E-state index contributed by atoms with van der Waals surface area (Å²) in [5.41, 5.74) is 0.0454. The average molecular weight is 268 g/mol. The van der Waals surface area contributed by atoms with Crippen molar-refractivity contribution in [2.24, 2.45) is 5.92 Å². The van der Waals surface area contributed by atoms with Crippen LogP contribution in [0.5, 0.6) is 0 Å². The molecule has 1 atom stereocenters. The fraction of sp³-hybridized carbons (Fsp3) is 0.846. The molecule has 2 rings (SSSR count). The molecular weight excluding hydrogens is 244 g/mol. The Morgan fingerprint density at radius 3 is 2.89 bits per heavy atom. The Bertz CT molecular complexity index is 363. The topological polar surface area (TPSA) is 49.8 Å².